The van der Waals surface area contributed by atoms with E-state index in [1.54, 1.807) is 0 Å². The van der Waals surface area contributed by atoms with Crippen LogP contribution in [0.4, 0.5) is 4.79 Å². The minimum Gasteiger partial charge on any atom is -0.355 e. The maximum Gasteiger partial charge on any atom is 0.317 e. The Morgan fingerprint density at radius 2 is 1.93 bits per heavy atom. The Balaban J connectivity index is 1.65. The van der Waals surface area contributed by atoms with Gasteiger partial charge in [-0.05, 0) is 58.7 Å². The van der Waals surface area contributed by atoms with Gasteiger partial charge in [-0.2, -0.15) is 0 Å². The van der Waals surface area contributed by atoms with Crippen molar-refractivity contribution in [1.29, 1.82) is 0 Å². The topological polar surface area (TPSA) is 64.7 Å². The van der Waals surface area contributed by atoms with E-state index in [4.69, 9.17) is 0 Å². The van der Waals surface area contributed by atoms with Crippen molar-refractivity contribution >= 4 is 11.9 Å². The third-order valence-corrected chi connectivity index (χ3v) is 5.96. The molecule has 6 heteroatoms. The van der Waals surface area contributed by atoms with E-state index in [9.17, 15) is 9.59 Å². The molecule has 2 N–H and O–H groups in total. The third-order valence-electron chi connectivity index (χ3n) is 5.96. The van der Waals surface area contributed by atoms with Gasteiger partial charge in [0.05, 0.1) is 5.92 Å². The zero-order chi connectivity index (χ0) is 20.8. The number of likely N-dealkylation sites (tertiary alicyclic amines) is 2. The molecule has 29 heavy (non-hydrogen) atoms. The highest BCUT2D eigenvalue weighted by Crippen LogP contribution is 2.31. The maximum atomic E-state index is 12.9. The van der Waals surface area contributed by atoms with Crippen LogP contribution in [-0.4, -0.2) is 67.0 Å². The fraction of sp³-hybridized carbons (Fsp3) is 0.652. The molecule has 160 valence electrons. The van der Waals surface area contributed by atoms with Crippen LogP contribution in [0.15, 0.2) is 24.3 Å². The van der Waals surface area contributed by atoms with Gasteiger partial charge in [-0.3, -0.25) is 4.79 Å². The molecule has 2 aliphatic heterocycles. The Morgan fingerprint density at radius 3 is 2.62 bits per heavy atom. The van der Waals surface area contributed by atoms with E-state index in [0.29, 0.717) is 19.6 Å². The van der Waals surface area contributed by atoms with Gasteiger partial charge in [0.1, 0.15) is 0 Å². The molecule has 0 aliphatic carbocycles. The first kappa shape index (κ1) is 21.6. The van der Waals surface area contributed by atoms with E-state index in [1.165, 1.54) is 24.0 Å². The summed E-state index contributed by atoms with van der Waals surface area (Å²) in [6, 6.07) is 8.43. The number of hydrogen-bond donors (Lipinski definition) is 2. The molecule has 1 aromatic carbocycles. The van der Waals surface area contributed by atoms with Crippen LogP contribution in [0, 0.1) is 12.8 Å². The van der Waals surface area contributed by atoms with Crippen molar-refractivity contribution in [2.24, 2.45) is 5.92 Å². The Morgan fingerprint density at radius 1 is 1.17 bits per heavy atom. The molecule has 3 amide bonds. The van der Waals surface area contributed by atoms with Gasteiger partial charge in [-0.25, -0.2) is 4.79 Å². The maximum absolute atomic E-state index is 12.9. The quantitative estimate of drug-likeness (QED) is 0.772. The SMILES string of the molecule is Cc1cccc([C@H]2C[C@@H](C(=O)NCCN3CCCC3)CN(C(=O)NC(C)C)C2)c1. The lowest BCUT2D eigenvalue weighted by atomic mass is 9.83. The Bertz CT molecular complexity index is 700. The Labute approximate surface area is 175 Å². The Kier molecular flexibility index (Phi) is 7.53. The number of carbonyl (C=O) groups excluding carboxylic acids is 2. The molecule has 0 saturated carbocycles. The number of nitrogens with zero attached hydrogens (tertiary/aromatic N) is 2. The summed E-state index contributed by atoms with van der Waals surface area (Å²) in [5.74, 6) is 0.0746. The second kappa shape index (κ2) is 10.1. The number of amides is 3. The zero-order valence-electron chi connectivity index (χ0n) is 18.1. The Hall–Kier alpha value is -2.08. The number of carbonyl (C=O) groups is 2. The van der Waals surface area contributed by atoms with Crippen LogP contribution in [-0.2, 0) is 4.79 Å². The summed E-state index contributed by atoms with van der Waals surface area (Å²) in [5.41, 5.74) is 2.42. The van der Waals surface area contributed by atoms with E-state index < -0.39 is 0 Å². The molecular weight excluding hydrogens is 364 g/mol. The van der Waals surface area contributed by atoms with Gasteiger partial charge in [0.25, 0.3) is 0 Å². The third kappa shape index (κ3) is 6.20. The first-order chi connectivity index (χ1) is 13.9. The molecule has 2 fully saturated rings. The van der Waals surface area contributed by atoms with Gasteiger partial charge >= 0.3 is 6.03 Å². The van der Waals surface area contributed by atoms with Gasteiger partial charge < -0.3 is 20.4 Å². The van der Waals surface area contributed by atoms with Gasteiger partial charge in [0.15, 0.2) is 0 Å². The predicted octanol–water partition coefficient (Wildman–Crippen LogP) is 2.73. The first-order valence-corrected chi connectivity index (χ1v) is 11.0. The van der Waals surface area contributed by atoms with Gasteiger partial charge in [0.2, 0.25) is 5.91 Å². The van der Waals surface area contributed by atoms with Crippen LogP contribution in [0.3, 0.4) is 0 Å². The van der Waals surface area contributed by atoms with E-state index in [1.807, 2.05) is 18.7 Å². The van der Waals surface area contributed by atoms with E-state index >= 15 is 0 Å². The van der Waals surface area contributed by atoms with Crippen molar-refractivity contribution in [3.05, 3.63) is 35.4 Å². The lowest BCUT2D eigenvalue weighted by molar-refractivity contribution is -0.126. The molecule has 0 unspecified atom stereocenters. The average Bonchev–Trinajstić information content (AvgIpc) is 3.20. The van der Waals surface area contributed by atoms with Crippen molar-refractivity contribution in [2.75, 3.05) is 39.3 Å². The normalized spacial score (nSPS) is 22.7. The smallest absolute Gasteiger partial charge is 0.317 e. The molecule has 3 rings (SSSR count). The number of benzene rings is 1. The summed E-state index contributed by atoms with van der Waals surface area (Å²) >= 11 is 0. The van der Waals surface area contributed by atoms with E-state index in [-0.39, 0.29) is 29.8 Å². The van der Waals surface area contributed by atoms with Crippen molar-refractivity contribution in [3.63, 3.8) is 0 Å². The number of rotatable bonds is 6. The highest BCUT2D eigenvalue weighted by atomic mass is 16.2. The van der Waals surface area contributed by atoms with Crippen molar-refractivity contribution in [3.8, 4) is 0 Å². The lowest BCUT2D eigenvalue weighted by Crippen LogP contribution is -2.52. The highest BCUT2D eigenvalue weighted by molar-refractivity contribution is 5.81. The predicted molar refractivity (Wildman–Crippen MR) is 116 cm³/mol. The average molecular weight is 401 g/mol. The first-order valence-electron chi connectivity index (χ1n) is 11.0. The molecule has 2 saturated heterocycles. The highest BCUT2D eigenvalue weighted by Gasteiger charge is 2.34. The second-order valence-corrected chi connectivity index (χ2v) is 8.89. The molecule has 0 aromatic heterocycles. The zero-order valence-corrected chi connectivity index (χ0v) is 18.1. The van der Waals surface area contributed by atoms with Gasteiger partial charge in [0, 0.05) is 38.1 Å². The summed E-state index contributed by atoms with van der Waals surface area (Å²) in [4.78, 5) is 29.8. The second-order valence-electron chi connectivity index (χ2n) is 8.89. The van der Waals surface area contributed by atoms with Gasteiger partial charge in [-0.1, -0.05) is 29.8 Å². The number of nitrogens with one attached hydrogen (secondary N) is 2. The van der Waals surface area contributed by atoms with Crippen LogP contribution in [0.25, 0.3) is 0 Å². The van der Waals surface area contributed by atoms with Crippen molar-refractivity contribution < 1.29 is 9.59 Å². The standard InChI is InChI=1S/C23H36N4O2/c1-17(2)25-23(29)27-15-20(19-8-6-7-18(3)13-19)14-21(16-27)22(28)24-9-12-26-10-4-5-11-26/h6-8,13,17,20-21H,4-5,9-12,14-16H2,1-3H3,(H,24,28)(H,25,29)/t20-,21+/m0/s1. The number of hydrogen-bond acceptors (Lipinski definition) is 3. The van der Waals surface area contributed by atoms with Crippen LogP contribution in [0.1, 0.15) is 50.2 Å². The summed E-state index contributed by atoms with van der Waals surface area (Å²) < 4.78 is 0. The van der Waals surface area contributed by atoms with Gasteiger partial charge in [-0.15, -0.1) is 0 Å². The molecule has 1 aromatic rings. The summed E-state index contributed by atoms with van der Waals surface area (Å²) in [7, 11) is 0. The molecule has 2 heterocycles. The number of piperidine rings is 1. The molecule has 2 aliphatic rings. The molecular formula is C23H36N4O2. The summed E-state index contributed by atoms with van der Waals surface area (Å²) in [6.07, 6.45) is 3.30. The fourth-order valence-corrected chi connectivity index (χ4v) is 4.45. The van der Waals surface area contributed by atoms with Crippen molar-refractivity contribution in [2.45, 2.75) is 52.0 Å². The van der Waals surface area contributed by atoms with E-state index in [2.05, 4.69) is 46.7 Å². The summed E-state index contributed by atoms with van der Waals surface area (Å²) in [6.45, 7) is 11.0. The van der Waals surface area contributed by atoms with Crippen LogP contribution in [0.5, 0.6) is 0 Å². The minimum absolute atomic E-state index is 0.0731. The van der Waals surface area contributed by atoms with Crippen LogP contribution >= 0.6 is 0 Å². The van der Waals surface area contributed by atoms with Crippen LogP contribution in [0.2, 0.25) is 0 Å². The lowest BCUT2D eigenvalue weighted by Gasteiger charge is -2.38. The molecule has 0 bridgehead atoms. The number of aryl methyl sites for hydroxylation is 1. The largest absolute Gasteiger partial charge is 0.355 e. The number of urea groups is 1. The monoisotopic (exact) mass is 400 g/mol. The molecule has 2 atom stereocenters. The summed E-state index contributed by atoms with van der Waals surface area (Å²) in [5, 5.41) is 6.11. The minimum atomic E-state index is -0.175. The molecule has 0 radical (unpaired) electrons. The molecule has 6 nitrogen and oxygen atoms in total. The van der Waals surface area contributed by atoms with E-state index in [0.717, 1.165) is 26.1 Å². The fourth-order valence-electron chi connectivity index (χ4n) is 4.45. The van der Waals surface area contributed by atoms with Crippen LogP contribution < -0.4 is 10.6 Å². The molecule has 0 spiro atoms. The van der Waals surface area contributed by atoms with Crippen molar-refractivity contribution in [1.82, 2.24) is 20.4 Å².